The second-order valence-corrected chi connectivity index (χ2v) is 5.96. The number of rotatable bonds is 6. The van der Waals surface area contributed by atoms with Gasteiger partial charge >= 0.3 is 0 Å². The molecule has 112 valence electrons. The Morgan fingerprint density at radius 3 is 2.60 bits per heavy atom. The Bertz CT molecular complexity index is 433. The zero-order valence-corrected chi connectivity index (χ0v) is 12.5. The van der Waals surface area contributed by atoms with Crippen LogP contribution in [0, 0.1) is 23.5 Å². The highest BCUT2D eigenvalue weighted by Crippen LogP contribution is 2.35. The number of hydrogen-bond donors (Lipinski definition) is 1. The van der Waals surface area contributed by atoms with E-state index in [9.17, 15) is 8.78 Å². The Hall–Kier alpha value is -0.960. The largest absolute Gasteiger partial charge is 0.314 e. The van der Waals surface area contributed by atoms with Crippen molar-refractivity contribution in [2.45, 2.75) is 52.0 Å². The quantitative estimate of drug-likeness (QED) is 0.819. The second kappa shape index (κ2) is 7.16. The van der Waals surface area contributed by atoms with Crippen LogP contribution in [0.25, 0.3) is 0 Å². The van der Waals surface area contributed by atoms with Crippen LogP contribution in [0.4, 0.5) is 8.78 Å². The maximum Gasteiger partial charge on any atom is 0.159 e. The molecule has 1 saturated carbocycles. The molecule has 20 heavy (non-hydrogen) atoms. The summed E-state index contributed by atoms with van der Waals surface area (Å²) in [4.78, 5) is 0. The van der Waals surface area contributed by atoms with Crippen molar-refractivity contribution in [3.05, 3.63) is 35.4 Å². The van der Waals surface area contributed by atoms with Crippen molar-refractivity contribution >= 4 is 0 Å². The molecule has 0 heterocycles. The van der Waals surface area contributed by atoms with Crippen LogP contribution < -0.4 is 5.32 Å². The topological polar surface area (TPSA) is 12.0 Å². The number of likely N-dealkylation sites (N-methyl/N-ethyl adjacent to an activating group) is 1. The van der Waals surface area contributed by atoms with E-state index in [2.05, 4.69) is 19.2 Å². The number of hydrogen-bond acceptors (Lipinski definition) is 1. The highest BCUT2D eigenvalue weighted by Gasteiger charge is 2.29. The van der Waals surface area contributed by atoms with Gasteiger partial charge in [-0.05, 0) is 55.3 Å². The normalized spacial score (nSPS) is 24.0. The van der Waals surface area contributed by atoms with E-state index in [4.69, 9.17) is 0 Å². The first kappa shape index (κ1) is 15.4. The molecule has 0 aromatic heterocycles. The van der Waals surface area contributed by atoms with Crippen LogP contribution in [0.1, 0.15) is 45.1 Å². The Balaban J connectivity index is 2.03. The minimum Gasteiger partial charge on any atom is -0.314 e. The molecular formula is C17H25F2N. The van der Waals surface area contributed by atoms with Crippen LogP contribution in [0.5, 0.6) is 0 Å². The maximum atomic E-state index is 13.3. The molecule has 1 fully saturated rings. The fourth-order valence-corrected chi connectivity index (χ4v) is 3.44. The minimum absolute atomic E-state index is 0.376. The molecular weight excluding hydrogens is 256 g/mol. The van der Waals surface area contributed by atoms with Gasteiger partial charge in [-0.25, -0.2) is 8.78 Å². The van der Waals surface area contributed by atoms with Gasteiger partial charge in [-0.1, -0.05) is 32.8 Å². The summed E-state index contributed by atoms with van der Waals surface area (Å²) in [6, 6.07) is 4.65. The lowest BCUT2D eigenvalue weighted by atomic mass is 9.91. The van der Waals surface area contributed by atoms with Crippen molar-refractivity contribution in [2.24, 2.45) is 11.8 Å². The summed E-state index contributed by atoms with van der Waals surface area (Å²) in [6.45, 7) is 5.27. The molecule has 1 N–H and O–H groups in total. The van der Waals surface area contributed by atoms with Crippen molar-refractivity contribution < 1.29 is 8.78 Å². The molecule has 0 amide bonds. The predicted molar refractivity (Wildman–Crippen MR) is 78.6 cm³/mol. The van der Waals surface area contributed by atoms with Gasteiger partial charge in [-0.2, -0.15) is 0 Å². The lowest BCUT2D eigenvalue weighted by Gasteiger charge is -2.25. The van der Waals surface area contributed by atoms with Gasteiger partial charge in [0.25, 0.3) is 0 Å². The molecule has 0 bridgehead atoms. The average Bonchev–Trinajstić information content (AvgIpc) is 2.91. The monoisotopic (exact) mass is 281 g/mol. The van der Waals surface area contributed by atoms with Gasteiger partial charge in [0.2, 0.25) is 0 Å². The van der Waals surface area contributed by atoms with Gasteiger partial charge in [-0.3, -0.25) is 0 Å². The smallest absolute Gasteiger partial charge is 0.159 e. The molecule has 3 atom stereocenters. The van der Waals surface area contributed by atoms with E-state index in [1.165, 1.54) is 37.8 Å². The lowest BCUT2D eigenvalue weighted by molar-refractivity contribution is 0.348. The van der Waals surface area contributed by atoms with Crippen LogP contribution in [0.3, 0.4) is 0 Å². The molecule has 0 aliphatic heterocycles. The van der Waals surface area contributed by atoms with Gasteiger partial charge in [0.15, 0.2) is 11.6 Å². The minimum atomic E-state index is -0.763. The van der Waals surface area contributed by atoms with Crippen molar-refractivity contribution in [1.82, 2.24) is 5.32 Å². The molecule has 0 saturated heterocycles. The zero-order valence-electron chi connectivity index (χ0n) is 12.5. The van der Waals surface area contributed by atoms with Crippen molar-refractivity contribution in [1.29, 1.82) is 0 Å². The summed E-state index contributed by atoms with van der Waals surface area (Å²) in [7, 11) is 0. The second-order valence-electron chi connectivity index (χ2n) is 5.96. The van der Waals surface area contributed by atoms with Gasteiger partial charge < -0.3 is 5.32 Å². The molecule has 0 radical (unpaired) electrons. The van der Waals surface area contributed by atoms with Gasteiger partial charge in [0.05, 0.1) is 0 Å². The Morgan fingerprint density at radius 2 is 2.00 bits per heavy atom. The summed E-state index contributed by atoms with van der Waals surface area (Å²) in [5, 5.41) is 3.54. The molecule has 1 aromatic carbocycles. The van der Waals surface area contributed by atoms with E-state index >= 15 is 0 Å². The third-order valence-electron chi connectivity index (χ3n) is 4.63. The SMILES string of the molecule is CCNC(Cc1ccc(F)c(F)c1)C1CCC(CC)C1. The fourth-order valence-electron chi connectivity index (χ4n) is 3.44. The van der Waals surface area contributed by atoms with Crippen LogP contribution in [-0.4, -0.2) is 12.6 Å². The predicted octanol–water partition coefficient (Wildman–Crippen LogP) is 4.31. The molecule has 1 aliphatic rings. The standard InChI is InChI=1S/C17H25F2N/c1-3-12-5-7-14(9-12)17(20-4-2)11-13-6-8-15(18)16(19)10-13/h6,8,10,12,14,17,20H,3-5,7,9,11H2,1-2H3. The highest BCUT2D eigenvalue weighted by atomic mass is 19.2. The van der Waals surface area contributed by atoms with Crippen LogP contribution in [0.15, 0.2) is 18.2 Å². The molecule has 1 nitrogen and oxygen atoms in total. The molecule has 2 rings (SSSR count). The lowest BCUT2D eigenvalue weighted by Crippen LogP contribution is -2.37. The van der Waals surface area contributed by atoms with E-state index < -0.39 is 11.6 Å². The van der Waals surface area contributed by atoms with Crippen LogP contribution >= 0.6 is 0 Å². The Morgan fingerprint density at radius 1 is 1.20 bits per heavy atom. The van der Waals surface area contributed by atoms with E-state index in [-0.39, 0.29) is 0 Å². The number of nitrogens with one attached hydrogen (secondary N) is 1. The van der Waals surface area contributed by atoms with E-state index in [0.29, 0.717) is 12.0 Å². The van der Waals surface area contributed by atoms with E-state index in [1.807, 2.05) is 0 Å². The van der Waals surface area contributed by atoms with E-state index in [1.54, 1.807) is 6.07 Å². The van der Waals surface area contributed by atoms with Crippen LogP contribution in [-0.2, 0) is 6.42 Å². The third-order valence-corrected chi connectivity index (χ3v) is 4.63. The molecule has 1 aromatic rings. The van der Waals surface area contributed by atoms with Gasteiger partial charge in [0.1, 0.15) is 0 Å². The summed E-state index contributed by atoms with van der Waals surface area (Å²) in [5.41, 5.74) is 0.884. The summed E-state index contributed by atoms with van der Waals surface area (Å²) >= 11 is 0. The Kier molecular flexibility index (Phi) is 5.53. The fraction of sp³-hybridized carbons (Fsp3) is 0.647. The number of benzene rings is 1. The first-order chi connectivity index (χ1) is 9.63. The summed E-state index contributed by atoms with van der Waals surface area (Å²) in [5.74, 6) is -0.00427. The van der Waals surface area contributed by atoms with Crippen molar-refractivity contribution in [2.75, 3.05) is 6.54 Å². The van der Waals surface area contributed by atoms with E-state index in [0.717, 1.165) is 24.4 Å². The van der Waals surface area contributed by atoms with Crippen LogP contribution in [0.2, 0.25) is 0 Å². The van der Waals surface area contributed by atoms with Gasteiger partial charge in [0, 0.05) is 6.04 Å². The Labute approximate surface area is 120 Å². The van der Waals surface area contributed by atoms with Crippen molar-refractivity contribution in [3.8, 4) is 0 Å². The summed E-state index contributed by atoms with van der Waals surface area (Å²) in [6.07, 6.45) is 5.85. The first-order valence-corrected chi connectivity index (χ1v) is 7.81. The van der Waals surface area contributed by atoms with Crippen molar-refractivity contribution in [3.63, 3.8) is 0 Å². The summed E-state index contributed by atoms with van der Waals surface area (Å²) < 4.78 is 26.3. The molecule has 3 heteroatoms. The number of halogens is 2. The molecule has 1 aliphatic carbocycles. The molecule has 0 spiro atoms. The third kappa shape index (κ3) is 3.78. The first-order valence-electron chi connectivity index (χ1n) is 7.81. The molecule has 3 unspecified atom stereocenters. The zero-order chi connectivity index (χ0) is 14.5. The average molecular weight is 281 g/mol. The van der Waals surface area contributed by atoms with Gasteiger partial charge in [-0.15, -0.1) is 0 Å². The highest BCUT2D eigenvalue weighted by molar-refractivity contribution is 5.19. The maximum absolute atomic E-state index is 13.3.